The van der Waals surface area contributed by atoms with Crippen LogP contribution in [0.5, 0.6) is 0 Å². The zero-order valence-electron chi connectivity index (χ0n) is 8.01. The minimum Gasteiger partial charge on any atom is -0.228 e. The second kappa shape index (κ2) is 4.70. The van der Waals surface area contributed by atoms with Gasteiger partial charge in [0.1, 0.15) is 6.04 Å². The van der Waals surface area contributed by atoms with Crippen LogP contribution in [0.3, 0.4) is 0 Å². The Morgan fingerprint density at radius 3 is 3.00 bits per heavy atom. The fourth-order valence-electron chi connectivity index (χ4n) is 1.41. The van der Waals surface area contributed by atoms with Crippen LogP contribution in [0.25, 0.3) is 0 Å². The molecular formula is C8H15N2O3S+. The van der Waals surface area contributed by atoms with E-state index in [-0.39, 0.29) is 11.8 Å². The molecule has 80 valence electrons. The van der Waals surface area contributed by atoms with Crippen LogP contribution in [0, 0.1) is 0 Å². The van der Waals surface area contributed by atoms with Gasteiger partial charge in [-0.2, -0.15) is 5.48 Å². The number of allylic oxidation sites excluding steroid dienone is 2. The smallest absolute Gasteiger partial charge is 0.212 e. The Morgan fingerprint density at radius 1 is 1.71 bits per heavy atom. The van der Waals surface area contributed by atoms with Crippen molar-refractivity contribution in [2.75, 3.05) is 12.9 Å². The summed E-state index contributed by atoms with van der Waals surface area (Å²) in [6.07, 6.45) is 6.21. The van der Waals surface area contributed by atoms with E-state index in [1.807, 2.05) is 12.2 Å². The van der Waals surface area contributed by atoms with Crippen LogP contribution in [-0.4, -0.2) is 27.3 Å². The van der Waals surface area contributed by atoms with Gasteiger partial charge in [-0.3, -0.25) is 0 Å². The van der Waals surface area contributed by atoms with Gasteiger partial charge < -0.3 is 0 Å². The maximum atomic E-state index is 10.8. The average Bonchev–Trinajstić information content (AvgIpc) is 2.02. The highest BCUT2D eigenvalue weighted by atomic mass is 32.2. The van der Waals surface area contributed by atoms with Gasteiger partial charge in [0, 0.05) is 6.42 Å². The summed E-state index contributed by atoms with van der Waals surface area (Å²) in [4.78, 5) is 4.88. The van der Waals surface area contributed by atoms with Crippen molar-refractivity contribution in [3.63, 3.8) is 0 Å². The van der Waals surface area contributed by atoms with Gasteiger partial charge in [0.2, 0.25) is 10.0 Å². The van der Waals surface area contributed by atoms with E-state index in [9.17, 15) is 8.42 Å². The van der Waals surface area contributed by atoms with Crippen molar-refractivity contribution in [3.05, 3.63) is 23.8 Å². The quantitative estimate of drug-likeness (QED) is 0.573. The summed E-state index contributed by atoms with van der Waals surface area (Å²) < 4.78 is 21.7. The molecule has 0 radical (unpaired) electrons. The molecule has 0 bridgehead atoms. The molecule has 0 spiro atoms. The molecule has 4 N–H and O–H groups in total. The summed E-state index contributed by atoms with van der Waals surface area (Å²) >= 11 is 0. The molecule has 14 heavy (non-hydrogen) atoms. The Balaban J connectivity index is 2.57. The fourth-order valence-corrected chi connectivity index (χ4v) is 2.14. The largest absolute Gasteiger partial charge is 0.228 e. The van der Waals surface area contributed by atoms with Crippen molar-refractivity contribution in [1.29, 1.82) is 0 Å². The molecule has 0 aromatic carbocycles. The standard InChI is InChI=1S/C8H14N2O3S/c1-13-10-8-4-2-3-7(5-8)6-14(9,11)12/h2-4,8,10H,5-6H2,1H3,(H2,9,11,12)/p+1. The van der Waals surface area contributed by atoms with Crippen molar-refractivity contribution in [2.45, 2.75) is 12.5 Å². The molecule has 0 aromatic rings. The Labute approximate surface area is 83.6 Å². The van der Waals surface area contributed by atoms with Crippen LogP contribution in [-0.2, 0) is 14.9 Å². The summed E-state index contributed by atoms with van der Waals surface area (Å²) in [6.45, 7) is 0. The number of nitrogens with two attached hydrogens (primary N) is 2. The maximum absolute atomic E-state index is 10.8. The Morgan fingerprint density at radius 2 is 2.43 bits per heavy atom. The molecular weight excluding hydrogens is 204 g/mol. The van der Waals surface area contributed by atoms with E-state index in [2.05, 4.69) is 0 Å². The Hall–Kier alpha value is -0.690. The highest BCUT2D eigenvalue weighted by Gasteiger charge is 2.17. The molecule has 1 atom stereocenters. The van der Waals surface area contributed by atoms with E-state index in [0.29, 0.717) is 6.42 Å². The third kappa shape index (κ3) is 4.01. The molecule has 0 amide bonds. The van der Waals surface area contributed by atoms with Crippen molar-refractivity contribution in [2.24, 2.45) is 5.14 Å². The maximum Gasteiger partial charge on any atom is 0.212 e. The molecule has 6 heteroatoms. The van der Waals surface area contributed by atoms with E-state index >= 15 is 0 Å². The minimum absolute atomic E-state index is 0.0780. The lowest BCUT2D eigenvalue weighted by atomic mass is 10.0. The first-order valence-electron chi connectivity index (χ1n) is 4.24. The van der Waals surface area contributed by atoms with Crippen LogP contribution in [0.2, 0.25) is 0 Å². The van der Waals surface area contributed by atoms with Crippen LogP contribution in [0.15, 0.2) is 23.8 Å². The van der Waals surface area contributed by atoms with Crippen LogP contribution in [0.1, 0.15) is 6.42 Å². The van der Waals surface area contributed by atoms with Crippen molar-refractivity contribution in [1.82, 2.24) is 0 Å². The van der Waals surface area contributed by atoms with Gasteiger partial charge in [0.15, 0.2) is 0 Å². The first kappa shape index (κ1) is 11.4. The van der Waals surface area contributed by atoms with E-state index in [1.54, 1.807) is 18.7 Å². The fraction of sp³-hybridized carbons (Fsp3) is 0.500. The Bertz CT molecular complexity index is 346. The molecule has 5 nitrogen and oxygen atoms in total. The first-order chi connectivity index (χ1) is 6.51. The van der Waals surface area contributed by atoms with Crippen LogP contribution < -0.4 is 10.6 Å². The zero-order valence-corrected chi connectivity index (χ0v) is 8.83. The lowest BCUT2D eigenvalue weighted by molar-refractivity contribution is -0.906. The lowest BCUT2D eigenvalue weighted by Crippen LogP contribution is -2.88. The molecule has 0 saturated carbocycles. The molecule has 0 heterocycles. The van der Waals surface area contributed by atoms with Crippen molar-refractivity contribution in [3.8, 4) is 0 Å². The van der Waals surface area contributed by atoms with E-state index in [4.69, 9.17) is 9.98 Å². The Kier molecular flexibility index (Phi) is 3.82. The number of quaternary nitrogens is 1. The predicted molar refractivity (Wildman–Crippen MR) is 52.5 cm³/mol. The van der Waals surface area contributed by atoms with Crippen LogP contribution in [0.4, 0.5) is 0 Å². The van der Waals surface area contributed by atoms with Crippen molar-refractivity contribution < 1.29 is 18.7 Å². The van der Waals surface area contributed by atoms with Gasteiger partial charge in [-0.15, -0.1) is 0 Å². The monoisotopic (exact) mass is 219 g/mol. The van der Waals surface area contributed by atoms with Gasteiger partial charge in [0.25, 0.3) is 0 Å². The molecule has 1 aliphatic carbocycles. The SMILES string of the molecule is CO[NH2+]C1C=CC=C(CS(N)(=O)=O)C1. The number of hydrogen-bond acceptors (Lipinski definition) is 3. The number of sulfonamides is 1. The summed E-state index contributed by atoms with van der Waals surface area (Å²) in [5, 5.41) is 4.95. The number of hydrogen-bond donors (Lipinski definition) is 2. The molecule has 0 fully saturated rings. The third-order valence-corrected chi connectivity index (χ3v) is 2.66. The second-order valence-corrected chi connectivity index (χ2v) is 4.87. The molecule has 1 rings (SSSR count). The number of hydroxylamine groups is 1. The predicted octanol–water partition coefficient (Wildman–Crippen LogP) is -1.35. The zero-order chi connectivity index (χ0) is 10.6. The van der Waals surface area contributed by atoms with Gasteiger partial charge in [-0.1, -0.05) is 12.2 Å². The lowest BCUT2D eigenvalue weighted by Gasteiger charge is -2.14. The molecule has 1 unspecified atom stereocenters. The second-order valence-electron chi connectivity index (χ2n) is 3.26. The molecule has 0 aliphatic heterocycles. The summed E-state index contributed by atoms with van der Waals surface area (Å²) in [6, 6.07) is 0.141. The summed E-state index contributed by atoms with van der Waals surface area (Å²) in [7, 11) is -1.84. The third-order valence-electron chi connectivity index (χ3n) is 1.89. The van der Waals surface area contributed by atoms with Gasteiger partial charge in [0.05, 0.1) is 12.9 Å². The van der Waals surface area contributed by atoms with E-state index in [1.165, 1.54) is 0 Å². The van der Waals surface area contributed by atoms with E-state index < -0.39 is 10.0 Å². The van der Waals surface area contributed by atoms with Gasteiger partial charge in [-0.05, 0) is 11.6 Å². The van der Waals surface area contributed by atoms with Gasteiger partial charge in [-0.25, -0.2) is 18.4 Å². The summed E-state index contributed by atoms with van der Waals surface area (Å²) in [5.41, 5.74) is 2.49. The molecule has 0 aromatic heterocycles. The molecule has 0 saturated heterocycles. The molecule has 1 aliphatic rings. The first-order valence-corrected chi connectivity index (χ1v) is 5.95. The van der Waals surface area contributed by atoms with Gasteiger partial charge >= 0.3 is 0 Å². The highest BCUT2D eigenvalue weighted by molar-refractivity contribution is 7.89. The number of rotatable bonds is 4. The van der Waals surface area contributed by atoms with Crippen LogP contribution >= 0.6 is 0 Å². The normalized spacial score (nSPS) is 22.1. The van der Waals surface area contributed by atoms with Crippen molar-refractivity contribution >= 4 is 10.0 Å². The highest BCUT2D eigenvalue weighted by Crippen LogP contribution is 2.11. The van der Waals surface area contributed by atoms with E-state index in [0.717, 1.165) is 5.57 Å². The summed E-state index contributed by atoms with van der Waals surface area (Å²) in [5.74, 6) is -0.0780. The topological polar surface area (TPSA) is 86.0 Å². The minimum atomic E-state index is -3.42. The number of primary sulfonamides is 1. The average molecular weight is 219 g/mol.